The van der Waals surface area contributed by atoms with Crippen molar-refractivity contribution in [2.24, 2.45) is 0 Å². The zero-order chi connectivity index (χ0) is 12.8. The van der Waals surface area contributed by atoms with Crippen LogP contribution in [0.2, 0.25) is 0 Å². The van der Waals surface area contributed by atoms with Crippen molar-refractivity contribution in [1.29, 1.82) is 0 Å². The first-order valence-corrected chi connectivity index (χ1v) is 6.57. The van der Waals surface area contributed by atoms with Crippen molar-refractivity contribution < 1.29 is 0 Å². The van der Waals surface area contributed by atoms with Gasteiger partial charge in [-0.2, -0.15) is 0 Å². The quantitative estimate of drug-likeness (QED) is 0.845. The number of hydrogen-bond donors (Lipinski definition) is 1. The lowest BCUT2D eigenvalue weighted by Gasteiger charge is -2.14. The molecule has 1 atom stereocenters. The van der Waals surface area contributed by atoms with Crippen molar-refractivity contribution in [3.8, 4) is 0 Å². The highest BCUT2D eigenvalue weighted by Crippen LogP contribution is 2.13. The maximum atomic E-state index is 4.03. The van der Waals surface area contributed by atoms with Crippen molar-refractivity contribution in [2.45, 2.75) is 32.9 Å². The van der Waals surface area contributed by atoms with Crippen molar-refractivity contribution in [2.75, 3.05) is 6.54 Å². The second-order valence-electron chi connectivity index (χ2n) is 4.57. The maximum Gasteiger partial charge on any atom is 0.0946 e. The molecule has 0 aliphatic rings. The molecule has 0 saturated carbocycles. The Bertz CT molecular complexity index is 445. The molecule has 1 unspecified atom stereocenters. The van der Waals surface area contributed by atoms with Crippen LogP contribution >= 0.6 is 0 Å². The van der Waals surface area contributed by atoms with Gasteiger partial charge in [-0.15, -0.1) is 0 Å². The van der Waals surface area contributed by atoms with E-state index in [-0.39, 0.29) is 0 Å². The Balaban J connectivity index is 1.81. The summed E-state index contributed by atoms with van der Waals surface area (Å²) in [6.45, 7) is 6.29. The van der Waals surface area contributed by atoms with Gasteiger partial charge in [0.25, 0.3) is 0 Å². The van der Waals surface area contributed by atoms with E-state index in [4.69, 9.17) is 0 Å². The second kappa shape index (κ2) is 6.36. The fourth-order valence-electron chi connectivity index (χ4n) is 1.99. The fraction of sp³-hybridized carbons (Fsp3) is 0.400. The average molecular weight is 243 g/mol. The minimum atomic E-state index is 0.388. The van der Waals surface area contributed by atoms with Crippen molar-refractivity contribution in [3.05, 3.63) is 54.1 Å². The molecule has 3 nitrogen and oxygen atoms in total. The lowest BCUT2D eigenvalue weighted by atomic mass is 10.1. The highest BCUT2D eigenvalue weighted by molar-refractivity contribution is 5.24. The van der Waals surface area contributed by atoms with Crippen LogP contribution in [0, 0.1) is 0 Å². The molecule has 96 valence electrons. The maximum absolute atomic E-state index is 4.03. The summed E-state index contributed by atoms with van der Waals surface area (Å²) in [6.07, 6.45) is 6.75. The highest BCUT2D eigenvalue weighted by atomic mass is 15.0. The molecule has 0 bridgehead atoms. The predicted molar refractivity (Wildman–Crippen MR) is 74.5 cm³/mol. The molecule has 0 spiro atoms. The fourth-order valence-corrected chi connectivity index (χ4v) is 1.99. The molecule has 0 aliphatic heterocycles. The molecule has 1 heterocycles. The second-order valence-corrected chi connectivity index (χ2v) is 4.57. The molecule has 2 aromatic rings. The predicted octanol–water partition coefficient (Wildman–Crippen LogP) is 2.80. The minimum absolute atomic E-state index is 0.388. The number of nitrogens with one attached hydrogen (secondary N) is 1. The van der Waals surface area contributed by atoms with Gasteiger partial charge in [-0.3, -0.25) is 0 Å². The summed E-state index contributed by atoms with van der Waals surface area (Å²) in [5.74, 6) is 0. The Kier molecular flexibility index (Phi) is 4.53. The summed E-state index contributed by atoms with van der Waals surface area (Å²) in [7, 11) is 0. The lowest BCUT2D eigenvalue weighted by Crippen LogP contribution is -2.23. The van der Waals surface area contributed by atoms with Gasteiger partial charge in [0.2, 0.25) is 0 Å². The van der Waals surface area contributed by atoms with Crippen LogP contribution in [0.1, 0.15) is 31.0 Å². The van der Waals surface area contributed by atoms with Gasteiger partial charge in [0.1, 0.15) is 0 Å². The van der Waals surface area contributed by atoms with Gasteiger partial charge >= 0.3 is 0 Å². The number of rotatable bonds is 6. The van der Waals surface area contributed by atoms with E-state index >= 15 is 0 Å². The number of nitrogens with zero attached hydrogens (tertiary/aromatic N) is 2. The van der Waals surface area contributed by atoms with E-state index in [0.717, 1.165) is 19.5 Å². The molecule has 0 fully saturated rings. The summed E-state index contributed by atoms with van der Waals surface area (Å²) >= 11 is 0. The number of hydrogen-bond acceptors (Lipinski definition) is 2. The van der Waals surface area contributed by atoms with Crippen LogP contribution in [0.25, 0.3) is 0 Å². The van der Waals surface area contributed by atoms with Gasteiger partial charge in [-0.05, 0) is 24.5 Å². The van der Waals surface area contributed by atoms with Gasteiger partial charge in [0.05, 0.1) is 6.33 Å². The van der Waals surface area contributed by atoms with Gasteiger partial charge in [0.15, 0.2) is 0 Å². The molecule has 1 aromatic heterocycles. The van der Waals surface area contributed by atoms with E-state index in [1.807, 2.05) is 18.7 Å². The summed E-state index contributed by atoms with van der Waals surface area (Å²) < 4.78 is 2.08. The Labute approximate surface area is 109 Å². The van der Waals surface area contributed by atoms with Crippen LogP contribution in [0.5, 0.6) is 0 Å². The molecule has 0 radical (unpaired) electrons. The minimum Gasteiger partial charge on any atom is -0.336 e. The van der Waals surface area contributed by atoms with Crippen molar-refractivity contribution in [1.82, 2.24) is 14.9 Å². The van der Waals surface area contributed by atoms with E-state index in [1.165, 1.54) is 11.1 Å². The average Bonchev–Trinajstić information content (AvgIpc) is 2.92. The van der Waals surface area contributed by atoms with Gasteiger partial charge in [-0.1, -0.05) is 31.2 Å². The first-order chi connectivity index (χ1) is 8.79. The Morgan fingerprint density at radius 2 is 2.06 bits per heavy atom. The van der Waals surface area contributed by atoms with E-state index in [9.17, 15) is 0 Å². The Hall–Kier alpha value is -1.61. The van der Waals surface area contributed by atoms with Gasteiger partial charge in [-0.25, -0.2) is 4.98 Å². The molecular formula is C15H21N3. The van der Waals surface area contributed by atoms with Crippen molar-refractivity contribution in [3.63, 3.8) is 0 Å². The summed E-state index contributed by atoms with van der Waals surface area (Å²) in [5.41, 5.74) is 2.74. The lowest BCUT2D eigenvalue weighted by molar-refractivity contribution is 0.531. The zero-order valence-electron chi connectivity index (χ0n) is 11.1. The van der Waals surface area contributed by atoms with Crippen LogP contribution < -0.4 is 5.32 Å². The number of aromatic nitrogens is 2. The van der Waals surface area contributed by atoms with Gasteiger partial charge < -0.3 is 9.88 Å². The largest absolute Gasteiger partial charge is 0.336 e. The third kappa shape index (κ3) is 3.44. The number of imidazole rings is 1. The van der Waals surface area contributed by atoms with Crippen LogP contribution in [0.3, 0.4) is 0 Å². The van der Waals surface area contributed by atoms with E-state index in [1.54, 1.807) is 0 Å². The van der Waals surface area contributed by atoms with Crippen LogP contribution in [-0.2, 0) is 13.0 Å². The van der Waals surface area contributed by atoms with Gasteiger partial charge in [0, 0.05) is 31.5 Å². The molecule has 0 saturated heterocycles. The molecule has 0 amide bonds. The van der Waals surface area contributed by atoms with Crippen LogP contribution in [-0.4, -0.2) is 16.1 Å². The third-order valence-electron chi connectivity index (χ3n) is 3.27. The topological polar surface area (TPSA) is 29.9 Å². The SMILES string of the molecule is CCc1ccc(C(C)NCCn2ccnc2)cc1. The number of benzene rings is 1. The van der Waals surface area contributed by atoms with Crippen LogP contribution in [0.15, 0.2) is 43.0 Å². The molecular weight excluding hydrogens is 222 g/mol. The molecule has 1 aromatic carbocycles. The first-order valence-electron chi connectivity index (χ1n) is 6.57. The molecule has 18 heavy (non-hydrogen) atoms. The third-order valence-corrected chi connectivity index (χ3v) is 3.27. The molecule has 0 aliphatic carbocycles. The molecule has 3 heteroatoms. The molecule has 2 rings (SSSR count). The first kappa shape index (κ1) is 12.8. The van der Waals surface area contributed by atoms with E-state index < -0.39 is 0 Å². The summed E-state index contributed by atoms with van der Waals surface area (Å²) in [5, 5.41) is 3.53. The molecule has 1 N–H and O–H groups in total. The van der Waals surface area contributed by atoms with E-state index in [0.29, 0.717) is 6.04 Å². The summed E-state index contributed by atoms with van der Waals surface area (Å²) in [4.78, 5) is 4.03. The summed E-state index contributed by atoms with van der Waals surface area (Å²) in [6, 6.07) is 9.24. The monoisotopic (exact) mass is 243 g/mol. The van der Waals surface area contributed by atoms with Crippen molar-refractivity contribution >= 4 is 0 Å². The Morgan fingerprint density at radius 3 is 2.67 bits per heavy atom. The smallest absolute Gasteiger partial charge is 0.0946 e. The zero-order valence-corrected chi connectivity index (χ0v) is 11.1. The standard InChI is InChI=1S/C15H21N3/c1-3-14-4-6-15(7-5-14)13(2)17-9-11-18-10-8-16-12-18/h4-8,10,12-13,17H,3,9,11H2,1-2H3. The van der Waals surface area contributed by atoms with E-state index in [2.05, 4.69) is 53.0 Å². The highest BCUT2D eigenvalue weighted by Gasteiger charge is 2.03. The normalized spacial score (nSPS) is 12.6. The Morgan fingerprint density at radius 1 is 1.28 bits per heavy atom. The number of aryl methyl sites for hydroxylation is 1. The van der Waals surface area contributed by atoms with Crippen LogP contribution in [0.4, 0.5) is 0 Å².